The van der Waals surface area contributed by atoms with E-state index in [9.17, 15) is 0 Å². The minimum atomic E-state index is 0.597. The summed E-state index contributed by atoms with van der Waals surface area (Å²) >= 11 is 0. The molecule has 0 aromatic heterocycles. The Morgan fingerprint density at radius 3 is 1.48 bits per heavy atom. The average Bonchev–Trinajstić information content (AvgIpc) is 2.53. The van der Waals surface area contributed by atoms with E-state index in [1.165, 1.54) is 64.2 Å². The van der Waals surface area contributed by atoms with Crippen LogP contribution in [0.1, 0.15) is 85.0 Å². The van der Waals surface area contributed by atoms with Crippen molar-refractivity contribution in [1.29, 1.82) is 0 Å². The van der Waals surface area contributed by atoms with Crippen LogP contribution in [0, 0.1) is 5.92 Å². The van der Waals surface area contributed by atoms with E-state index in [1.807, 2.05) is 0 Å². The molecule has 0 spiro atoms. The Labute approximate surface area is 145 Å². The van der Waals surface area contributed by atoms with Crippen LogP contribution >= 0.6 is 0 Å². The molecule has 0 rings (SSSR count). The zero-order valence-corrected chi connectivity index (χ0v) is 16.1. The Bertz CT molecular complexity index is 207. The summed E-state index contributed by atoms with van der Waals surface area (Å²) in [5.74, 6) is 0.597. The lowest BCUT2D eigenvalue weighted by Gasteiger charge is -2.08. The zero-order chi connectivity index (χ0) is 17.0. The number of rotatable bonds is 19. The zero-order valence-electron chi connectivity index (χ0n) is 16.1. The van der Waals surface area contributed by atoms with Crippen LogP contribution in [-0.4, -0.2) is 39.6 Å². The van der Waals surface area contributed by atoms with Crippen molar-refractivity contribution in [3.05, 3.63) is 0 Å². The largest absolute Gasteiger partial charge is 0.379 e. The van der Waals surface area contributed by atoms with Crippen LogP contribution in [0.3, 0.4) is 0 Å². The van der Waals surface area contributed by atoms with E-state index < -0.39 is 0 Å². The molecule has 3 heteroatoms. The molecular formula is C20H42O3. The molecule has 23 heavy (non-hydrogen) atoms. The predicted molar refractivity (Wildman–Crippen MR) is 99.1 cm³/mol. The Morgan fingerprint density at radius 2 is 0.957 bits per heavy atom. The molecule has 0 aliphatic rings. The highest BCUT2D eigenvalue weighted by Crippen LogP contribution is 2.10. The Hall–Kier alpha value is -0.120. The first-order valence-corrected chi connectivity index (χ1v) is 10.0. The number of hydrogen-bond acceptors (Lipinski definition) is 3. The highest BCUT2D eigenvalue weighted by atomic mass is 16.5. The predicted octanol–water partition coefficient (Wildman–Crippen LogP) is 5.61. The summed E-state index contributed by atoms with van der Waals surface area (Å²) < 4.78 is 16.5. The van der Waals surface area contributed by atoms with Crippen LogP contribution < -0.4 is 0 Å². The van der Waals surface area contributed by atoms with Gasteiger partial charge in [0, 0.05) is 13.2 Å². The summed E-state index contributed by atoms with van der Waals surface area (Å²) in [4.78, 5) is 0. The second kappa shape index (κ2) is 19.9. The molecule has 0 N–H and O–H groups in total. The standard InChI is InChI=1S/C20H42O3/c1-4-5-6-7-8-9-10-11-12-13-14-21-15-16-22-17-18-23-19-20(2)3/h20H,4-19H2,1-3H3. The Kier molecular flexibility index (Phi) is 19.8. The topological polar surface area (TPSA) is 27.7 Å². The van der Waals surface area contributed by atoms with Crippen LogP contribution in [-0.2, 0) is 14.2 Å². The molecule has 3 nitrogen and oxygen atoms in total. The number of ether oxygens (including phenoxy) is 3. The van der Waals surface area contributed by atoms with Gasteiger partial charge in [-0.25, -0.2) is 0 Å². The van der Waals surface area contributed by atoms with Gasteiger partial charge in [-0.15, -0.1) is 0 Å². The SMILES string of the molecule is CCCCCCCCCCCCOCCOCCOCC(C)C. The normalized spacial score (nSPS) is 11.5. The van der Waals surface area contributed by atoms with Crippen LogP contribution in [0.5, 0.6) is 0 Å². The summed E-state index contributed by atoms with van der Waals surface area (Å²) in [5, 5.41) is 0. The number of hydrogen-bond donors (Lipinski definition) is 0. The van der Waals surface area contributed by atoms with Gasteiger partial charge in [0.25, 0.3) is 0 Å². The summed E-state index contributed by atoms with van der Waals surface area (Å²) in [5.41, 5.74) is 0. The summed E-state index contributed by atoms with van der Waals surface area (Å²) in [6, 6.07) is 0. The minimum Gasteiger partial charge on any atom is -0.379 e. The third kappa shape index (κ3) is 21.9. The lowest BCUT2D eigenvalue weighted by Crippen LogP contribution is -2.11. The number of unbranched alkanes of at least 4 members (excludes halogenated alkanes) is 9. The lowest BCUT2D eigenvalue weighted by molar-refractivity contribution is 0.00900. The maximum absolute atomic E-state index is 5.58. The van der Waals surface area contributed by atoms with Gasteiger partial charge in [0.05, 0.1) is 26.4 Å². The molecule has 0 heterocycles. The molecule has 0 aromatic carbocycles. The van der Waals surface area contributed by atoms with Gasteiger partial charge in [-0.05, 0) is 12.3 Å². The maximum Gasteiger partial charge on any atom is 0.0701 e. The van der Waals surface area contributed by atoms with E-state index in [4.69, 9.17) is 14.2 Å². The maximum atomic E-state index is 5.58. The highest BCUT2D eigenvalue weighted by molar-refractivity contribution is 4.47. The molecule has 0 unspecified atom stereocenters. The van der Waals surface area contributed by atoms with Gasteiger partial charge >= 0.3 is 0 Å². The minimum absolute atomic E-state index is 0.597. The third-order valence-corrected chi connectivity index (χ3v) is 3.84. The fraction of sp³-hybridized carbons (Fsp3) is 1.00. The quantitative estimate of drug-likeness (QED) is 0.288. The van der Waals surface area contributed by atoms with E-state index in [0.717, 1.165) is 13.2 Å². The molecule has 0 atom stereocenters. The van der Waals surface area contributed by atoms with Gasteiger partial charge in [-0.2, -0.15) is 0 Å². The van der Waals surface area contributed by atoms with E-state index >= 15 is 0 Å². The second-order valence-corrected chi connectivity index (χ2v) is 6.88. The second-order valence-electron chi connectivity index (χ2n) is 6.88. The van der Waals surface area contributed by atoms with Crippen molar-refractivity contribution in [2.24, 2.45) is 5.92 Å². The first kappa shape index (κ1) is 22.9. The monoisotopic (exact) mass is 330 g/mol. The fourth-order valence-electron chi connectivity index (χ4n) is 2.45. The van der Waals surface area contributed by atoms with Gasteiger partial charge in [0.15, 0.2) is 0 Å². The van der Waals surface area contributed by atoms with E-state index in [0.29, 0.717) is 32.3 Å². The average molecular weight is 331 g/mol. The van der Waals surface area contributed by atoms with Crippen molar-refractivity contribution in [1.82, 2.24) is 0 Å². The molecule has 0 bridgehead atoms. The van der Waals surface area contributed by atoms with Gasteiger partial charge in [-0.3, -0.25) is 0 Å². The Morgan fingerprint density at radius 1 is 0.522 bits per heavy atom. The molecule has 0 aromatic rings. The van der Waals surface area contributed by atoms with Crippen molar-refractivity contribution in [2.45, 2.75) is 85.0 Å². The van der Waals surface area contributed by atoms with E-state index in [2.05, 4.69) is 20.8 Å². The van der Waals surface area contributed by atoms with Crippen molar-refractivity contribution in [2.75, 3.05) is 39.6 Å². The van der Waals surface area contributed by atoms with Crippen LogP contribution in [0.25, 0.3) is 0 Å². The molecule has 0 aliphatic heterocycles. The van der Waals surface area contributed by atoms with Gasteiger partial charge in [-0.1, -0.05) is 78.6 Å². The van der Waals surface area contributed by atoms with E-state index in [1.54, 1.807) is 0 Å². The van der Waals surface area contributed by atoms with Crippen LogP contribution in [0.2, 0.25) is 0 Å². The highest BCUT2D eigenvalue weighted by Gasteiger charge is 1.95. The van der Waals surface area contributed by atoms with Crippen molar-refractivity contribution >= 4 is 0 Å². The first-order valence-electron chi connectivity index (χ1n) is 10.0. The smallest absolute Gasteiger partial charge is 0.0701 e. The summed E-state index contributed by atoms with van der Waals surface area (Å²) in [7, 11) is 0. The van der Waals surface area contributed by atoms with Crippen molar-refractivity contribution in [3.8, 4) is 0 Å². The molecule has 0 saturated carbocycles. The molecule has 0 radical (unpaired) electrons. The van der Waals surface area contributed by atoms with Crippen molar-refractivity contribution in [3.63, 3.8) is 0 Å². The molecule has 0 saturated heterocycles. The summed E-state index contributed by atoms with van der Waals surface area (Å²) in [6.07, 6.45) is 13.7. The lowest BCUT2D eigenvalue weighted by atomic mass is 10.1. The fourth-order valence-corrected chi connectivity index (χ4v) is 2.45. The molecule has 0 amide bonds. The van der Waals surface area contributed by atoms with Gasteiger partial charge < -0.3 is 14.2 Å². The van der Waals surface area contributed by atoms with Crippen LogP contribution in [0.4, 0.5) is 0 Å². The third-order valence-electron chi connectivity index (χ3n) is 3.84. The van der Waals surface area contributed by atoms with Crippen LogP contribution in [0.15, 0.2) is 0 Å². The summed E-state index contributed by atoms with van der Waals surface area (Å²) in [6.45, 7) is 11.0. The Balaban J connectivity index is 2.95. The van der Waals surface area contributed by atoms with Gasteiger partial charge in [0.1, 0.15) is 0 Å². The van der Waals surface area contributed by atoms with Crippen molar-refractivity contribution < 1.29 is 14.2 Å². The van der Waals surface area contributed by atoms with E-state index in [-0.39, 0.29) is 0 Å². The molecule has 0 fully saturated rings. The first-order chi connectivity index (χ1) is 11.3. The molecule has 140 valence electrons. The molecule has 0 aliphatic carbocycles. The van der Waals surface area contributed by atoms with Gasteiger partial charge in [0.2, 0.25) is 0 Å². The molecular weight excluding hydrogens is 288 g/mol.